The zero-order valence-corrected chi connectivity index (χ0v) is 4.88. The van der Waals surface area contributed by atoms with Crippen molar-refractivity contribution in [1.29, 1.82) is 0 Å². The van der Waals surface area contributed by atoms with Crippen LogP contribution in [0.2, 0.25) is 0 Å². The minimum Gasteiger partial charge on any atom is -0.491 e. The van der Waals surface area contributed by atoms with E-state index in [1.165, 1.54) is 0 Å². The van der Waals surface area contributed by atoms with Gasteiger partial charge < -0.3 is 9.52 Å². The van der Waals surface area contributed by atoms with Crippen LogP contribution in [0.25, 0.3) is 0 Å². The molecule has 0 aliphatic rings. The predicted octanol–water partition coefficient (Wildman–Crippen LogP) is 0.752. The molecule has 0 aromatic carbocycles. The minimum absolute atomic E-state index is 0.132. The average molecular weight is 124 g/mol. The summed E-state index contributed by atoms with van der Waals surface area (Å²) in [5.41, 5.74) is 0. The Balaban J connectivity index is 2.93. The van der Waals surface area contributed by atoms with Crippen molar-refractivity contribution in [3.05, 3.63) is 12.2 Å². The fraction of sp³-hybridized carbons (Fsp3) is 0.167. The summed E-state index contributed by atoms with van der Waals surface area (Å²) >= 11 is 0. The topological polar surface area (TPSA) is 46.3 Å². The van der Waals surface area contributed by atoms with E-state index in [1.54, 1.807) is 6.92 Å². The van der Waals surface area contributed by atoms with Gasteiger partial charge in [-0.25, -0.2) is 0 Å². The largest absolute Gasteiger partial charge is 0.491 e. The molecule has 0 saturated heterocycles. The Morgan fingerprint density at radius 2 is 2.56 bits per heavy atom. The summed E-state index contributed by atoms with van der Waals surface area (Å²) in [6.45, 7) is 1.67. The summed E-state index contributed by atoms with van der Waals surface area (Å²) in [6.07, 6.45) is 1.14. The van der Waals surface area contributed by atoms with E-state index in [9.17, 15) is 0 Å². The number of hydrogen-bond acceptors (Lipinski definition) is 3. The first-order chi connectivity index (χ1) is 4.33. The molecule has 9 heavy (non-hydrogen) atoms. The number of aromatic hydroxyl groups is 1. The number of rotatable bonds is 0. The summed E-state index contributed by atoms with van der Waals surface area (Å²) in [5, 5.41) is 8.61. The van der Waals surface area contributed by atoms with Crippen LogP contribution in [0.15, 0.2) is 10.7 Å². The van der Waals surface area contributed by atoms with Gasteiger partial charge in [-0.3, -0.25) is 0 Å². The average Bonchev–Trinajstić information content (AvgIpc) is 2.17. The van der Waals surface area contributed by atoms with Crippen LogP contribution < -0.4 is 0 Å². The lowest BCUT2D eigenvalue weighted by Gasteiger charge is -1.70. The maximum absolute atomic E-state index is 8.61. The lowest BCUT2D eigenvalue weighted by molar-refractivity contribution is 0.447. The second-order valence-electron chi connectivity index (χ2n) is 1.39. The van der Waals surface area contributed by atoms with Crippen molar-refractivity contribution in [1.82, 2.24) is 4.98 Å². The Hall–Kier alpha value is -1.43. The standard InChI is InChI=1S/C6H5NO2/c1-2-3-6-7-5(8)4-9-6/h4,8H,1H3/i7+1. The van der Waals surface area contributed by atoms with Gasteiger partial charge in [0.25, 0.3) is 11.8 Å². The van der Waals surface area contributed by atoms with Gasteiger partial charge in [0.05, 0.1) is 0 Å². The first kappa shape index (κ1) is 5.70. The summed E-state index contributed by atoms with van der Waals surface area (Å²) < 4.78 is 4.67. The van der Waals surface area contributed by atoms with Crippen molar-refractivity contribution in [3.8, 4) is 17.7 Å². The summed E-state index contributed by atoms with van der Waals surface area (Å²) in [6, 6.07) is 0. The van der Waals surface area contributed by atoms with Crippen molar-refractivity contribution < 1.29 is 9.52 Å². The fourth-order valence-corrected chi connectivity index (χ4v) is 0.430. The van der Waals surface area contributed by atoms with E-state index in [2.05, 4.69) is 21.2 Å². The van der Waals surface area contributed by atoms with E-state index in [0.29, 0.717) is 0 Å². The summed E-state index contributed by atoms with van der Waals surface area (Å²) in [7, 11) is 0. The molecule has 1 heterocycles. The van der Waals surface area contributed by atoms with Gasteiger partial charge >= 0.3 is 0 Å². The number of oxazole rings is 1. The molecule has 3 heteroatoms. The van der Waals surface area contributed by atoms with Crippen LogP contribution in [-0.4, -0.2) is 10.1 Å². The lowest BCUT2D eigenvalue weighted by atomic mass is 10.6. The second kappa shape index (κ2) is 2.23. The van der Waals surface area contributed by atoms with Gasteiger partial charge in [0, 0.05) is 0 Å². The summed E-state index contributed by atoms with van der Waals surface area (Å²) in [4.78, 5) is 3.52. The normalized spacial score (nSPS) is 8.11. The number of aromatic nitrogens is 1. The predicted molar refractivity (Wildman–Crippen MR) is 30.7 cm³/mol. The maximum Gasteiger partial charge on any atom is 0.276 e. The zero-order valence-electron chi connectivity index (χ0n) is 4.88. The molecule has 46 valence electrons. The van der Waals surface area contributed by atoms with Gasteiger partial charge in [-0.15, -0.1) is 0 Å². The Morgan fingerprint density at radius 3 is 3.00 bits per heavy atom. The van der Waals surface area contributed by atoms with E-state index < -0.39 is 0 Å². The van der Waals surface area contributed by atoms with Crippen molar-refractivity contribution in [2.45, 2.75) is 6.92 Å². The Labute approximate surface area is 52.3 Å². The van der Waals surface area contributed by atoms with Crippen molar-refractivity contribution in [2.24, 2.45) is 0 Å². The zero-order chi connectivity index (χ0) is 6.69. The molecule has 0 unspecified atom stereocenters. The number of hydrogen-bond donors (Lipinski definition) is 1. The molecule has 3 nitrogen and oxygen atoms in total. The third-order valence-corrected chi connectivity index (χ3v) is 0.724. The molecule has 0 fully saturated rings. The van der Waals surface area contributed by atoms with Gasteiger partial charge in [-0.05, 0) is 12.8 Å². The number of nitrogens with zero attached hydrogens (tertiary/aromatic N) is 1. The first-order valence-corrected chi connectivity index (χ1v) is 2.40. The van der Waals surface area contributed by atoms with Gasteiger partial charge in [0.2, 0.25) is 0 Å². The highest BCUT2D eigenvalue weighted by molar-refractivity contribution is 5.18. The van der Waals surface area contributed by atoms with Gasteiger partial charge in [-0.2, -0.15) is 4.98 Å². The van der Waals surface area contributed by atoms with Crippen LogP contribution >= 0.6 is 0 Å². The fourth-order valence-electron chi connectivity index (χ4n) is 0.430. The van der Waals surface area contributed by atoms with Crippen molar-refractivity contribution >= 4 is 0 Å². The molecular weight excluding hydrogens is 119 g/mol. The van der Waals surface area contributed by atoms with E-state index in [1.807, 2.05) is 0 Å². The summed E-state index contributed by atoms with van der Waals surface area (Å²) in [5.74, 6) is 5.23. The van der Waals surface area contributed by atoms with Crippen molar-refractivity contribution in [2.75, 3.05) is 0 Å². The molecule has 0 bridgehead atoms. The quantitative estimate of drug-likeness (QED) is 0.519. The molecule has 0 aliphatic heterocycles. The molecule has 0 radical (unpaired) electrons. The van der Waals surface area contributed by atoms with Gasteiger partial charge in [0.15, 0.2) is 6.26 Å². The highest BCUT2D eigenvalue weighted by Gasteiger charge is 1.94. The van der Waals surface area contributed by atoms with Crippen molar-refractivity contribution in [3.63, 3.8) is 0 Å². The molecular formula is C6H5NO2. The van der Waals surface area contributed by atoms with Crippen LogP contribution in [0.4, 0.5) is 0 Å². The molecule has 1 aromatic heterocycles. The van der Waals surface area contributed by atoms with E-state index in [-0.39, 0.29) is 11.8 Å². The third kappa shape index (κ3) is 1.23. The minimum atomic E-state index is -0.132. The molecule has 1 aromatic rings. The highest BCUT2D eigenvalue weighted by atomic mass is 16.4. The Morgan fingerprint density at radius 1 is 1.78 bits per heavy atom. The molecule has 1 rings (SSSR count). The smallest absolute Gasteiger partial charge is 0.276 e. The van der Waals surface area contributed by atoms with Gasteiger partial charge in [-0.1, -0.05) is 5.92 Å². The van der Waals surface area contributed by atoms with E-state index >= 15 is 0 Å². The van der Waals surface area contributed by atoms with Gasteiger partial charge in [0.1, 0.15) is 0 Å². The highest BCUT2D eigenvalue weighted by Crippen LogP contribution is 2.04. The van der Waals surface area contributed by atoms with Crippen LogP contribution in [0.1, 0.15) is 12.8 Å². The van der Waals surface area contributed by atoms with E-state index in [4.69, 9.17) is 5.11 Å². The maximum atomic E-state index is 8.61. The van der Waals surface area contributed by atoms with Crippen LogP contribution in [0.5, 0.6) is 5.88 Å². The second-order valence-corrected chi connectivity index (χ2v) is 1.39. The molecule has 1 N–H and O–H groups in total. The van der Waals surface area contributed by atoms with E-state index in [0.717, 1.165) is 6.26 Å². The van der Waals surface area contributed by atoms with Crippen LogP contribution in [0, 0.1) is 11.8 Å². The molecule has 0 amide bonds. The molecule has 0 saturated carbocycles. The Kier molecular flexibility index (Phi) is 1.41. The lowest BCUT2D eigenvalue weighted by Crippen LogP contribution is -1.68. The SMILES string of the molecule is CC#Cc1[15n]c(O)co1. The third-order valence-electron chi connectivity index (χ3n) is 0.724. The Bertz CT molecular complexity index is 254. The molecule has 0 aliphatic carbocycles. The van der Waals surface area contributed by atoms with Crippen LogP contribution in [-0.2, 0) is 0 Å². The molecule has 0 atom stereocenters. The monoisotopic (exact) mass is 124 g/mol. The van der Waals surface area contributed by atoms with Crippen LogP contribution in [0.3, 0.4) is 0 Å². The molecule has 0 spiro atoms. The first-order valence-electron chi connectivity index (χ1n) is 2.40.